The lowest BCUT2D eigenvalue weighted by molar-refractivity contribution is -0.0520. The zero-order valence-electron chi connectivity index (χ0n) is 12.8. The molecule has 24 heavy (non-hydrogen) atoms. The van der Waals surface area contributed by atoms with E-state index in [9.17, 15) is 13.6 Å². The smallest absolute Gasteiger partial charge is 0.387 e. The van der Waals surface area contributed by atoms with Crippen LogP contribution >= 0.6 is 0 Å². The molecule has 8 heteroatoms. The van der Waals surface area contributed by atoms with Gasteiger partial charge in [0.25, 0.3) is 0 Å². The van der Waals surface area contributed by atoms with Gasteiger partial charge in [-0.15, -0.1) is 0 Å². The fourth-order valence-corrected chi connectivity index (χ4v) is 2.03. The number of para-hydroxylation sites is 1. The Balaban J connectivity index is 2.21. The Morgan fingerprint density at radius 1 is 1.29 bits per heavy atom. The summed E-state index contributed by atoms with van der Waals surface area (Å²) in [6.07, 6.45) is 0. The molecular weight excluding hydrogens is 322 g/mol. The Morgan fingerprint density at radius 3 is 2.71 bits per heavy atom. The van der Waals surface area contributed by atoms with Crippen LogP contribution in [0.15, 0.2) is 36.4 Å². The highest BCUT2D eigenvalue weighted by Gasteiger charge is 2.16. The van der Waals surface area contributed by atoms with E-state index in [1.54, 1.807) is 25.1 Å². The first-order valence-electron chi connectivity index (χ1n) is 7.15. The SMILES string of the molecule is CCOc1cccc(CNc2cccc(C(=O)O)n2)c1OC(F)F. The fourth-order valence-electron chi connectivity index (χ4n) is 2.03. The maximum absolute atomic E-state index is 12.7. The van der Waals surface area contributed by atoms with E-state index < -0.39 is 12.6 Å². The minimum Gasteiger partial charge on any atom is -0.490 e. The summed E-state index contributed by atoms with van der Waals surface area (Å²) in [5.74, 6) is -0.695. The number of anilines is 1. The van der Waals surface area contributed by atoms with Crippen molar-refractivity contribution in [1.82, 2.24) is 4.98 Å². The number of nitrogens with zero attached hydrogens (tertiary/aromatic N) is 1. The summed E-state index contributed by atoms with van der Waals surface area (Å²) < 4.78 is 35.2. The van der Waals surface area contributed by atoms with Gasteiger partial charge in [-0.1, -0.05) is 18.2 Å². The van der Waals surface area contributed by atoms with E-state index >= 15 is 0 Å². The normalized spacial score (nSPS) is 10.5. The number of pyridine rings is 1. The third-order valence-corrected chi connectivity index (χ3v) is 3.00. The number of carboxylic acid groups (broad SMARTS) is 1. The van der Waals surface area contributed by atoms with Gasteiger partial charge in [0, 0.05) is 12.1 Å². The van der Waals surface area contributed by atoms with Gasteiger partial charge in [0.2, 0.25) is 0 Å². The van der Waals surface area contributed by atoms with Crippen LogP contribution in [0.5, 0.6) is 11.5 Å². The van der Waals surface area contributed by atoms with Crippen LogP contribution in [0.4, 0.5) is 14.6 Å². The second kappa shape index (κ2) is 8.09. The highest BCUT2D eigenvalue weighted by molar-refractivity contribution is 5.85. The second-order valence-electron chi connectivity index (χ2n) is 4.62. The van der Waals surface area contributed by atoms with Crippen molar-refractivity contribution in [3.05, 3.63) is 47.7 Å². The predicted octanol–water partition coefficient (Wildman–Crippen LogP) is 3.39. The minimum atomic E-state index is -2.99. The summed E-state index contributed by atoms with van der Waals surface area (Å²) in [4.78, 5) is 14.8. The molecule has 0 saturated carbocycles. The summed E-state index contributed by atoms with van der Waals surface area (Å²) in [6, 6.07) is 9.26. The van der Waals surface area contributed by atoms with Crippen molar-refractivity contribution in [2.75, 3.05) is 11.9 Å². The predicted molar refractivity (Wildman–Crippen MR) is 82.8 cm³/mol. The lowest BCUT2D eigenvalue weighted by atomic mass is 10.2. The average Bonchev–Trinajstić information content (AvgIpc) is 2.55. The Hall–Kier alpha value is -2.90. The van der Waals surface area contributed by atoms with Crippen LogP contribution < -0.4 is 14.8 Å². The molecule has 2 N–H and O–H groups in total. The topological polar surface area (TPSA) is 80.7 Å². The van der Waals surface area contributed by atoms with Gasteiger partial charge in [-0.05, 0) is 25.1 Å². The number of hydrogen-bond acceptors (Lipinski definition) is 5. The molecule has 0 bridgehead atoms. The van der Waals surface area contributed by atoms with Gasteiger partial charge >= 0.3 is 12.6 Å². The van der Waals surface area contributed by atoms with E-state index in [-0.39, 0.29) is 23.7 Å². The molecule has 0 saturated heterocycles. The van der Waals surface area contributed by atoms with Crippen molar-refractivity contribution in [3.63, 3.8) is 0 Å². The number of carbonyl (C=O) groups is 1. The van der Waals surface area contributed by atoms with Crippen LogP contribution in [0.3, 0.4) is 0 Å². The highest BCUT2D eigenvalue weighted by Crippen LogP contribution is 2.33. The van der Waals surface area contributed by atoms with E-state index in [0.717, 1.165) is 0 Å². The Bertz CT molecular complexity index is 710. The molecular formula is C16H16F2N2O4. The number of aromatic nitrogens is 1. The van der Waals surface area contributed by atoms with Gasteiger partial charge in [-0.2, -0.15) is 8.78 Å². The molecule has 0 amide bonds. The van der Waals surface area contributed by atoms with Gasteiger partial charge in [-0.3, -0.25) is 0 Å². The maximum atomic E-state index is 12.7. The molecule has 2 aromatic rings. The van der Waals surface area contributed by atoms with Crippen LogP contribution in [0.1, 0.15) is 23.0 Å². The summed E-state index contributed by atoms with van der Waals surface area (Å²) in [5, 5.41) is 11.8. The first kappa shape index (κ1) is 17.5. The number of hydrogen-bond donors (Lipinski definition) is 2. The number of benzene rings is 1. The van der Waals surface area contributed by atoms with E-state index in [2.05, 4.69) is 15.0 Å². The molecule has 0 aliphatic rings. The number of carboxylic acids is 1. The number of rotatable bonds is 8. The van der Waals surface area contributed by atoms with Crippen molar-refractivity contribution >= 4 is 11.8 Å². The van der Waals surface area contributed by atoms with E-state index in [1.807, 2.05) is 0 Å². The minimum absolute atomic E-state index is 0.0590. The molecule has 1 aromatic carbocycles. The van der Waals surface area contributed by atoms with Crippen LogP contribution in [0, 0.1) is 0 Å². The van der Waals surface area contributed by atoms with Crippen molar-refractivity contribution in [3.8, 4) is 11.5 Å². The molecule has 1 aromatic heterocycles. The monoisotopic (exact) mass is 338 g/mol. The molecule has 1 heterocycles. The van der Waals surface area contributed by atoms with Gasteiger partial charge in [0.15, 0.2) is 17.2 Å². The van der Waals surface area contributed by atoms with E-state index in [0.29, 0.717) is 18.0 Å². The van der Waals surface area contributed by atoms with Gasteiger partial charge in [0.05, 0.1) is 6.61 Å². The molecule has 0 unspecified atom stereocenters. The van der Waals surface area contributed by atoms with E-state index in [4.69, 9.17) is 9.84 Å². The molecule has 0 atom stereocenters. The number of alkyl halides is 2. The number of halogens is 2. The summed E-state index contributed by atoms with van der Waals surface area (Å²) in [7, 11) is 0. The standard InChI is InChI=1S/C16H16F2N2O4/c1-2-23-12-7-3-5-10(14(12)24-16(17)18)9-19-13-8-4-6-11(20-13)15(21)22/h3-8,16H,2,9H2,1H3,(H,19,20)(H,21,22). The first-order valence-corrected chi connectivity index (χ1v) is 7.15. The van der Waals surface area contributed by atoms with Crippen molar-refractivity contribution in [2.24, 2.45) is 0 Å². The molecule has 0 spiro atoms. The Labute approximate surface area is 137 Å². The summed E-state index contributed by atoms with van der Waals surface area (Å²) in [6.45, 7) is -0.838. The maximum Gasteiger partial charge on any atom is 0.387 e. The van der Waals surface area contributed by atoms with Crippen molar-refractivity contribution < 1.29 is 28.2 Å². The van der Waals surface area contributed by atoms with Gasteiger partial charge < -0.3 is 19.9 Å². The van der Waals surface area contributed by atoms with E-state index in [1.165, 1.54) is 18.2 Å². The molecule has 0 aliphatic heterocycles. The summed E-state index contributed by atoms with van der Waals surface area (Å²) in [5.41, 5.74) is 0.316. The lowest BCUT2D eigenvalue weighted by Crippen LogP contribution is -2.10. The van der Waals surface area contributed by atoms with Gasteiger partial charge in [0.1, 0.15) is 5.82 Å². The van der Waals surface area contributed by atoms with Crippen LogP contribution in [-0.4, -0.2) is 29.3 Å². The Morgan fingerprint density at radius 2 is 2.04 bits per heavy atom. The largest absolute Gasteiger partial charge is 0.490 e. The first-order chi connectivity index (χ1) is 11.5. The highest BCUT2D eigenvalue weighted by atomic mass is 19.3. The number of nitrogens with one attached hydrogen (secondary N) is 1. The molecule has 0 fully saturated rings. The second-order valence-corrected chi connectivity index (χ2v) is 4.62. The third-order valence-electron chi connectivity index (χ3n) is 3.00. The van der Waals surface area contributed by atoms with Crippen molar-refractivity contribution in [2.45, 2.75) is 20.1 Å². The van der Waals surface area contributed by atoms with Crippen molar-refractivity contribution in [1.29, 1.82) is 0 Å². The number of aromatic carboxylic acids is 1. The molecule has 0 aliphatic carbocycles. The zero-order valence-corrected chi connectivity index (χ0v) is 12.8. The van der Waals surface area contributed by atoms with Crippen LogP contribution in [-0.2, 0) is 6.54 Å². The third kappa shape index (κ3) is 4.55. The molecule has 128 valence electrons. The molecule has 0 radical (unpaired) electrons. The van der Waals surface area contributed by atoms with Crippen LogP contribution in [0.25, 0.3) is 0 Å². The Kier molecular flexibility index (Phi) is 5.89. The summed E-state index contributed by atoms with van der Waals surface area (Å²) >= 11 is 0. The average molecular weight is 338 g/mol. The fraction of sp³-hybridized carbons (Fsp3) is 0.250. The zero-order chi connectivity index (χ0) is 17.5. The van der Waals surface area contributed by atoms with Gasteiger partial charge in [-0.25, -0.2) is 9.78 Å². The number of ether oxygens (including phenoxy) is 2. The van der Waals surface area contributed by atoms with Crippen LogP contribution in [0.2, 0.25) is 0 Å². The molecule has 2 rings (SSSR count). The lowest BCUT2D eigenvalue weighted by Gasteiger charge is -2.16. The quantitative estimate of drug-likeness (QED) is 0.768. The molecule has 6 nitrogen and oxygen atoms in total.